The van der Waals surface area contributed by atoms with Crippen LogP contribution in [0.5, 0.6) is 5.75 Å². The number of aliphatic carboxylic acids is 1. The van der Waals surface area contributed by atoms with Crippen LogP contribution in [-0.2, 0) is 11.3 Å². The summed E-state index contributed by atoms with van der Waals surface area (Å²) in [5.41, 5.74) is 3.00. The van der Waals surface area contributed by atoms with E-state index in [1.807, 2.05) is 44.4 Å². The van der Waals surface area contributed by atoms with Gasteiger partial charge in [-0.3, -0.25) is 0 Å². The van der Waals surface area contributed by atoms with E-state index in [1.165, 1.54) is 0 Å². The molecule has 0 fully saturated rings. The number of imidazole rings is 1. The molecule has 0 atom stereocenters. The van der Waals surface area contributed by atoms with Crippen LogP contribution >= 0.6 is 0 Å². The SMILES string of the molecule is Cc1ncn(CCOc2ccc(C=CC(=O)O)cc2)c1C. The first-order chi connectivity index (χ1) is 10.1. The molecular formula is C16H18N2O3. The Kier molecular flexibility index (Phi) is 4.77. The van der Waals surface area contributed by atoms with Gasteiger partial charge in [-0.2, -0.15) is 0 Å². The molecule has 5 heteroatoms. The van der Waals surface area contributed by atoms with E-state index in [9.17, 15) is 4.79 Å². The fourth-order valence-corrected chi connectivity index (χ4v) is 1.87. The van der Waals surface area contributed by atoms with Crippen molar-refractivity contribution in [3.8, 4) is 5.75 Å². The van der Waals surface area contributed by atoms with E-state index in [0.717, 1.165) is 35.3 Å². The molecule has 0 saturated carbocycles. The van der Waals surface area contributed by atoms with Gasteiger partial charge in [0.2, 0.25) is 0 Å². The number of ether oxygens (including phenoxy) is 1. The van der Waals surface area contributed by atoms with Crippen molar-refractivity contribution in [1.29, 1.82) is 0 Å². The van der Waals surface area contributed by atoms with E-state index in [4.69, 9.17) is 9.84 Å². The van der Waals surface area contributed by atoms with E-state index in [2.05, 4.69) is 9.55 Å². The molecule has 0 unspecified atom stereocenters. The zero-order valence-corrected chi connectivity index (χ0v) is 12.1. The largest absolute Gasteiger partial charge is 0.492 e. The summed E-state index contributed by atoms with van der Waals surface area (Å²) >= 11 is 0. The molecule has 0 amide bonds. The van der Waals surface area contributed by atoms with Gasteiger partial charge >= 0.3 is 5.97 Å². The minimum absolute atomic E-state index is 0.556. The zero-order chi connectivity index (χ0) is 15.2. The second-order valence-electron chi connectivity index (χ2n) is 4.70. The van der Waals surface area contributed by atoms with E-state index in [-0.39, 0.29) is 0 Å². The lowest BCUT2D eigenvalue weighted by Gasteiger charge is -2.08. The highest BCUT2D eigenvalue weighted by atomic mass is 16.5. The Balaban J connectivity index is 1.86. The molecule has 0 saturated heterocycles. The van der Waals surface area contributed by atoms with Crippen LogP contribution in [0.2, 0.25) is 0 Å². The number of aryl methyl sites for hydroxylation is 1. The maximum Gasteiger partial charge on any atom is 0.328 e. The lowest BCUT2D eigenvalue weighted by Crippen LogP contribution is -2.08. The smallest absolute Gasteiger partial charge is 0.328 e. The molecule has 1 aromatic carbocycles. The molecule has 21 heavy (non-hydrogen) atoms. The first-order valence-electron chi connectivity index (χ1n) is 6.68. The summed E-state index contributed by atoms with van der Waals surface area (Å²) in [6, 6.07) is 7.30. The Morgan fingerprint density at radius 1 is 1.33 bits per heavy atom. The Labute approximate surface area is 123 Å². The molecule has 0 aliphatic heterocycles. The molecule has 2 rings (SSSR count). The van der Waals surface area contributed by atoms with E-state index in [1.54, 1.807) is 6.08 Å². The molecule has 0 spiro atoms. The highest BCUT2D eigenvalue weighted by Crippen LogP contribution is 2.13. The minimum atomic E-state index is -0.957. The Morgan fingerprint density at radius 2 is 2.05 bits per heavy atom. The normalized spacial score (nSPS) is 11.0. The molecule has 110 valence electrons. The quantitative estimate of drug-likeness (QED) is 0.829. The second-order valence-corrected chi connectivity index (χ2v) is 4.70. The number of nitrogens with zero attached hydrogens (tertiary/aromatic N) is 2. The average molecular weight is 286 g/mol. The van der Waals surface area contributed by atoms with Crippen molar-refractivity contribution in [2.45, 2.75) is 20.4 Å². The molecule has 0 bridgehead atoms. The second kappa shape index (κ2) is 6.74. The lowest BCUT2D eigenvalue weighted by molar-refractivity contribution is -0.131. The fourth-order valence-electron chi connectivity index (χ4n) is 1.87. The van der Waals surface area contributed by atoms with Crippen molar-refractivity contribution in [2.24, 2.45) is 0 Å². The predicted molar refractivity (Wildman–Crippen MR) is 80.3 cm³/mol. The van der Waals surface area contributed by atoms with Gasteiger partial charge in [0.05, 0.1) is 18.6 Å². The van der Waals surface area contributed by atoms with Gasteiger partial charge in [-0.15, -0.1) is 0 Å². The first-order valence-corrected chi connectivity index (χ1v) is 6.68. The van der Waals surface area contributed by atoms with Crippen molar-refractivity contribution in [3.05, 3.63) is 53.6 Å². The summed E-state index contributed by atoms with van der Waals surface area (Å²) in [7, 11) is 0. The van der Waals surface area contributed by atoms with Crippen LogP contribution in [0.15, 0.2) is 36.7 Å². The van der Waals surface area contributed by atoms with Gasteiger partial charge in [-0.25, -0.2) is 9.78 Å². The van der Waals surface area contributed by atoms with Gasteiger partial charge in [0.25, 0.3) is 0 Å². The minimum Gasteiger partial charge on any atom is -0.492 e. The van der Waals surface area contributed by atoms with Crippen molar-refractivity contribution in [2.75, 3.05) is 6.61 Å². The third-order valence-electron chi connectivity index (χ3n) is 3.24. The number of hydrogen-bond acceptors (Lipinski definition) is 3. The third kappa shape index (κ3) is 4.21. The van der Waals surface area contributed by atoms with Crippen LogP contribution in [0, 0.1) is 13.8 Å². The lowest BCUT2D eigenvalue weighted by atomic mass is 10.2. The monoisotopic (exact) mass is 286 g/mol. The van der Waals surface area contributed by atoms with Crippen LogP contribution in [0.3, 0.4) is 0 Å². The number of aromatic nitrogens is 2. The Hall–Kier alpha value is -2.56. The molecular weight excluding hydrogens is 268 g/mol. The van der Waals surface area contributed by atoms with Gasteiger partial charge in [-0.1, -0.05) is 12.1 Å². The summed E-state index contributed by atoms with van der Waals surface area (Å²) in [6.45, 7) is 5.32. The van der Waals surface area contributed by atoms with Crippen LogP contribution in [0.25, 0.3) is 6.08 Å². The number of rotatable bonds is 6. The molecule has 0 aliphatic carbocycles. The zero-order valence-electron chi connectivity index (χ0n) is 12.1. The van der Waals surface area contributed by atoms with Crippen molar-refractivity contribution in [1.82, 2.24) is 9.55 Å². The molecule has 0 radical (unpaired) electrons. The van der Waals surface area contributed by atoms with Crippen molar-refractivity contribution < 1.29 is 14.6 Å². The summed E-state index contributed by atoms with van der Waals surface area (Å²) in [5, 5.41) is 8.56. The summed E-state index contributed by atoms with van der Waals surface area (Å²) < 4.78 is 7.72. The Morgan fingerprint density at radius 3 is 2.62 bits per heavy atom. The summed E-state index contributed by atoms with van der Waals surface area (Å²) in [5.74, 6) is -0.196. The molecule has 2 aromatic rings. The number of carboxylic acids is 1. The van der Waals surface area contributed by atoms with Crippen LogP contribution in [-0.4, -0.2) is 27.2 Å². The molecule has 0 aliphatic rings. The molecule has 1 N–H and O–H groups in total. The van der Waals surface area contributed by atoms with Crippen LogP contribution < -0.4 is 4.74 Å². The highest BCUT2D eigenvalue weighted by molar-refractivity contribution is 5.85. The topological polar surface area (TPSA) is 64.4 Å². The fraction of sp³-hybridized carbons (Fsp3) is 0.250. The number of benzene rings is 1. The third-order valence-corrected chi connectivity index (χ3v) is 3.24. The van der Waals surface area contributed by atoms with Crippen LogP contribution in [0.1, 0.15) is 17.0 Å². The Bertz CT molecular complexity index is 642. The van der Waals surface area contributed by atoms with Crippen molar-refractivity contribution >= 4 is 12.0 Å². The summed E-state index contributed by atoms with van der Waals surface area (Å²) in [6.07, 6.45) is 4.47. The maximum atomic E-state index is 10.4. The van der Waals surface area contributed by atoms with Crippen LogP contribution in [0.4, 0.5) is 0 Å². The van der Waals surface area contributed by atoms with Crippen molar-refractivity contribution in [3.63, 3.8) is 0 Å². The average Bonchev–Trinajstić information content (AvgIpc) is 2.78. The van der Waals surface area contributed by atoms with Gasteiger partial charge in [-0.05, 0) is 37.6 Å². The molecule has 1 aromatic heterocycles. The van der Waals surface area contributed by atoms with Gasteiger partial charge in [0.15, 0.2) is 0 Å². The van der Waals surface area contributed by atoms with Gasteiger partial charge in [0.1, 0.15) is 12.4 Å². The standard InChI is InChI=1S/C16H18N2O3/c1-12-13(2)18(11-17-12)9-10-21-15-6-3-14(4-7-15)5-8-16(19)20/h3-8,11H,9-10H2,1-2H3,(H,19,20). The molecule has 1 heterocycles. The maximum absolute atomic E-state index is 10.4. The van der Waals surface area contributed by atoms with E-state index < -0.39 is 5.97 Å². The number of carboxylic acid groups (broad SMARTS) is 1. The van der Waals surface area contributed by atoms with E-state index in [0.29, 0.717) is 6.61 Å². The van der Waals surface area contributed by atoms with Gasteiger partial charge in [0, 0.05) is 11.8 Å². The number of carbonyl (C=O) groups is 1. The van der Waals surface area contributed by atoms with E-state index >= 15 is 0 Å². The summed E-state index contributed by atoms with van der Waals surface area (Å²) in [4.78, 5) is 14.7. The predicted octanol–water partition coefficient (Wildman–Crippen LogP) is 2.68. The number of hydrogen-bond donors (Lipinski definition) is 1. The van der Waals surface area contributed by atoms with Gasteiger partial charge < -0.3 is 14.4 Å². The molecule has 5 nitrogen and oxygen atoms in total. The first kappa shape index (κ1) is 14.8. The highest BCUT2D eigenvalue weighted by Gasteiger charge is 2.01.